The van der Waals surface area contributed by atoms with Gasteiger partial charge in [0.15, 0.2) is 5.78 Å². The van der Waals surface area contributed by atoms with Crippen molar-refractivity contribution in [2.45, 2.75) is 125 Å². The minimum atomic E-state index is -0.971. The van der Waals surface area contributed by atoms with Crippen LogP contribution in [-0.4, -0.2) is 24.1 Å². The van der Waals surface area contributed by atoms with Crippen LogP contribution in [0.2, 0.25) is 0 Å². The second kappa shape index (κ2) is 18.3. The first-order valence-electron chi connectivity index (χ1n) is 16.1. The molecule has 0 heterocycles. The highest BCUT2D eigenvalue weighted by Crippen LogP contribution is 2.42. The molecule has 224 valence electrons. The third kappa shape index (κ3) is 11.3. The number of benzene rings is 1. The number of carbonyl (C=O) groups is 3. The summed E-state index contributed by atoms with van der Waals surface area (Å²) in [6.45, 7) is 10.8. The summed E-state index contributed by atoms with van der Waals surface area (Å²) in [5.41, 5.74) is 0.349. The fourth-order valence-corrected chi connectivity index (χ4v) is 6.41. The van der Waals surface area contributed by atoms with Crippen LogP contribution in [-0.2, 0) is 14.3 Å². The van der Waals surface area contributed by atoms with Gasteiger partial charge in [0.1, 0.15) is 11.7 Å². The van der Waals surface area contributed by atoms with E-state index in [9.17, 15) is 14.4 Å². The molecule has 4 nitrogen and oxygen atoms in total. The second-order valence-corrected chi connectivity index (χ2v) is 12.9. The maximum absolute atomic E-state index is 13.5. The van der Waals surface area contributed by atoms with Crippen LogP contribution in [0.3, 0.4) is 0 Å². The molecule has 4 unspecified atom stereocenters. The minimum Gasteiger partial charge on any atom is -0.465 e. The molecule has 0 aromatic heterocycles. The van der Waals surface area contributed by atoms with E-state index in [-0.39, 0.29) is 35.2 Å². The first kappa shape index (κ1) is 34.0. The van der Waals surface area contributed by atoms with Crippen molar-refractivity contribution in [2.75, 3.05) is 6.61 Å². The number of allylic oxidation sites excluding steroid dienone is 2. The summed E-state index contributed by atoms with van der Waals surface area (Å²) in [5.74, 6) is -1.99. The molecule has 0 amide bonds. The van der Waals surface area contributed by atoms with Crippen LogP contribution < -0.4 is 0 Å². The number of esters is 1. The summed E-state index contributed by atoms with van der Waals surface area (Å²) in [7, 11) is 0. The van der Waals surface area contributed by atoms with E-state index >= 15 is 0 Å². The van der Waals surface area contributed by atoms with Crippen molar-refractivity contribution in [3.05, 3.63) is 48.0 Å². The number of ketones is 2. The topological polar surface area (TPSA) is 60.4 Å². The number of Topliss-reactive ketones (excluding diaryl/α,β-unsaturated/α-hetero) is 2. The fraction of sp³-hybridized carbons (Fsp3) is 0.694. The predicted octanol–water partition coefficient (Wildman–Crippen LogP) is 9.56. The van der Waals surface area contributed by atoms with Gasteiger partial charge in [0.25, 0.3) is 0 Å². The lowest BCUT2D eigenvalue weighted by molar-refractivity contribution is -0.148. The first-order chi connectivity index (χ1) is 19.2. The van der Waals surface area contributed by atoms with E-state index in [4.69, 9.17) is 4.74 Å². The second-order valence-electron chi connectivity index (χ2n) is 12.9. The summed E-state index contributed by atoms with van der Waals surface area (Å²) >= 11 is 0. The van der Waals surface area contributed by atoms with Crippen molar-refractivity contribution in [3.63, 3.8) is 0 Å². The Morgan fingerprint density at radius 3 is 1.98 bits per heavy atom. The number of unbranched alkanes of at least 4 members (excludes halogenated alkanes) is 11. The normalized spacial score (nSPS) is 19.6. The fourth-order valence-electron chi connectivity index (χ4n) is 6.41. The quantitative estimate of drug-likeness (QED) is 0.0531. The molecule has 1 aromatic rings. The highest BCUT2D eigenvalue weighted by molar-refractivity contribution is 6.09. The molecule has 1 aliphatic rings. The van der Waals surface area contributed by atoms with Crippen LogP contribution in [0.1, 0.15) is 135 Å². The molecule has 1 aliphatic carbocycles. The van der Waals surface area contributed by atoms with Gasteiger partial charge < -0.3 is 4.74 Å². The first-order valence-corrected chi connectivity index (χ1v) is 16.1. The summed E-state index contributed by atoms with van der Waals surface area (Å²) in [5, 5.41) is 0. The zero-order chi connectivity index (χ0) is 29.4. The molecule has 0 N–H and O–H groups in total. The average molecular weight is 553 g/mol. The Labute approximate surface area is 244 Å². The highest BCUT2D eigenvalue weighted by atomic mass is 16.5. The van der Waals surface area contributed by atoms with E-state index < -0.39 is 17.8 Å². The average Bonchev–Trinajstić information content (AvgIpc) is 2.91. The standard InChI is InChI=1S/C36H56O4/c1-6-7-8-9-10-11-12-13-14-15-16-20-26-40-35(39)32(34(38)30-23-18-17-19-24-30)29(3)27-31(37)33-28(2)22-21-25-36(33,4)5/h17-19,21-24,28-29,32-33H,6-16,20,25-27H2,1-5H3. The van der Waals surface area contributed by atoms with Crippen LogP contribution in [0.15, 0.2) is 42.5 Å². The van der Waals surface area contributed by atoms with Crippen molar-refractivity contribution >= 4 is 17.5 Å². The molecule has 40 heavy (non-hydrogen) atoms. The van der Waals surface area contributed by atoms with Crippen LogP contribution in [0, 0.1) is 29.1 Å². The van der Waals surface area contributed by atoms with Gasteiger partial charge in [0.2, 0.25) is 0 Å². The van der Waals surface area contributed by atoms with Gasteiger partial charge in [0.05, 0.1) is 6.61 Å². The largest absolute Gasteiger partial charge is 0.465 e. The van der Waals surface area contributed by atoms with Gasteiger partial charge in [-0.2, -0.15) is 0 Å². The summed E-state index contributed by atoms with van der Waals surface area (Å²) in [4.78, 5) is 40.3. The van der Waals surface area contributed by atoms with E-state index in [1.165, 1.54) is 57.8 Å². The summed E-state index contributed by atoms with van der Waals surface area (Å²) < 4.78 is 5.67. The Hall–Kier alpha value is -2.23. The lowest BCUT2D eigenvalue weighted by Gasteiger charge is -2.39. The minimum absolute atomic E-state index is 0.121. The van der Waals surface area contributed by atoms with Gasteiger partial charge >= 0.3 is 5.97 Å². The van der Waals surface area contributed by atoms with E-state index in [0.29, 0.717) is 12.2 Å². The Balaban J connectivity index is 1.85. The van der Waals surface area contributed by atoms with Crippen molar-refractivity contribution in [1.82, 2.24) is 0 Å². The summed E-state index contributed by atoms with van der Waals surface area (Å²) in [6.07, 6.45) is 20.2. The molecular formula is C36H56O4. The van der Waals surface area contributed by atoms with Crippen LogP contribution >= 0.6 is 0 Å². The third-order valence-corrected chi connectivity index (χ3v) is 8.73. The van der Waals surface area contributed by atoms with E-state index in [2.05, 4.69) is 39.8 Å². The number of rotatable bonds is 20. The number of hydrogen-bond acceptors (Lipinski definition) is 4. The van der Waals surface area contributed by atoms with Crippen LogP contribution in [0.25, 0.3) is 0 Å². The Morgan fingerprint density at radius 2 is 1.43 bits per heavy atom. The molecule has 4 heteroatoms. The smallest absolute Gasteiger partial charge is 0.317 e. The van der Waals surface area contributed by atoms with E-state index in [1.54, 1.807) is 24.3 Å². The number of ether oxygens (including phenoxy) is 1. The predicted molar refractivity (Wildman–Crippen MR) is 165 cm³/mol. The lowest BCUT2D eigenvalue weighted by Crippen LogP contribution is -2.40. The van der Waals surface area contributed by atoms with Crippen molar-refractivity contribution < 1.29 is 19.1 Å². The molecule has 4 atom stereocenters. The zero-order valence-corrected chi connectivity index (χ0v) is 26.1. The van der Waals surface area contributed by atoms with Gasteiger partial charge in [-0.1, -0.05) is 148 Å². The van der Waals surface area contributed by atoms with Crippen molar-refractivity contribution in [3.8, 4) is 0 Å². The summed E-state index contributed by atoms with van der Waals surface area (Å²) in [6, 6.07) is 8.93. The number of carbonyl (C=O) groups excluding carboxylic acids is 3. The van der Waals surface area contributed by atoms with E-state index in [1.807, 2.05) is 13.0 Å². The van der Waals surface area contributed by atoms with Crippen molar-refractivity contribution in [2.24, 2.45) is 29.1 Å². The molecule has 0 radical (unpaired) electrons. The Morgan fingerprint density at radius 1 is 0.875 bits per heavy atom. The Bertz CT molecular complexity index is 916. The maximum atomic E-state index is 13.5. The molecule has 1 aromatic carbocycles. The van der Waals surface area contributed by atoms with E-state index in [0.717, 1.165) is 25.7 Å². The highest BCUT2D eigenvalue weighted by Gasteiger charge is 2.42. The molecular weight excluding hydrogens is 496 g/mol. The Kier molecular flexibility index (Phi) is 15.5. The molecule has 2 rings (SSSR count). The van der Waals surface area contributed by atoms with Gasteiger partial charge in [-0.05, 0) is 30.1 Å². The molecule has 0 aliphatic heterocycles. The molecule has 0 saturated carbocycles. The molecule has 0 spiro atoms. The SMILES string of the molecule is CCCCCCCCCCCCCCOC(=O)C(C(=O)c1ccccc1)C(C)CC(=O)C1C(C)C=CCC1(C)C. The maximum Gasteiger partial charge on any atom is 0.317 e. The third-order valence-electron chi connectivity index (χ3n) is 8.73. The molecule has 0 bridgehead atoms. The lowest BCUT2D eigenvalue weighted by atomic mass is 9.64. The van der Waals surface area contributed by atoms with Gasteiger partial charge in [0, 0.05) is 17.9 Å². The van der Waals surface area contributed by atoms with Gasteiger partial charge in [-0.15, -0.1) is 0 Å². The van der Waals surface area contributed by atoms with Crippen LogP contribution in [0.5, 0.6) is 0 Å². The zero-order valence-electron chi connectivity index (χ0n) is 26.1. The monoisotopic (exact) mass is 552 g/mol. The van der Waals surface area contributed by atoms with Gasteiger partial charge in [-0.3, -0.25) is 14.4 Å². The number of hydrogen-bond donors (Lipinski definition) is 0. The van der Waals surface area contributed by atoms with Crippen molar-refractivity contribution in [1.29, 1.82) is 0 Å². The molecule has 0 fully saturated rings. The van der Waals surface area contributed by atoms with Crippen LogP contribution in [0.4, 0.5) is 0 Å². The molecule has 0 saturated heterocycles. The van der Waals surface area contributed by atoms with Gasteiger partial charge in [-0.25, -0.2) is 0 Å².